The van der Waals surface area contributed by atoms with Crippen LogP contribution >= 0.6 is 0 Å². The highest BCUT2D eigenvalue weighted by molar-refractivity contribution is 5.69. The van der Waals surface area contributed by atoms with E-state index < -0.39 is 0 Å². The summed E-state index contributed by atoms with van der Waals surface area (Å²) in [5.74, 6) is 0.710. The lowest BCUT2D eigenvalue weighted by Crippen LogP contribution is -2.23. The first-order chi connectivity index (χ1) is 10.6. The van der Waals surface area contributed by atoms with E-state index in [4.69, 9.17) is 10.3 Å². The minimum absolute atomic E-state index is 0.195. The van der Waals surface area contributed by atoms with E-state index in [1.165, 1.54) is 0 Å². The highest BCUT2D eigenvalue weighted by Crippen LogP contribution is 2.27. The lowest BCUT2D eigenvalue weighted by molar-refractivity contribution is 0.393. The van der Waals surface area contributed by atoms with E-state index in [-0.39, 0.29) is 11.2 Å². The van der Waals surface area contributed by atoms with Crippen LogP contribution in [0.1, 0.15) is 17.0 Å². The van der Waals surface area contributed by atoms with Gasteiger partial charge in [0.25, 0.3) is 5.56 Å². The smallest absolute Gasteiger partial charge is 0.274 e. The molecule has 0 aliphatic heterocycles. The summed E-state index contributed by atoms with van der Waals surface area (Å²) in [5.41, 5.74) is 9.46. The summed E-state index contributed by atoms with van der Waals surface area (Å²) in [6.45, 7) is 4.19. The largest absolute Gasteiger partial charge is 0.394 e. The number of nitrogens with zero attached hydrogens (tertiary/aromatic N) is 2. The number of aryl methyl sites for hydroxylation is 2. The lowest BCUT2D eigenvalue weighted by Gasteiger charge is -2.10. The Morgan fingerprint density at radius 2 is 1.95 bits per heavy atom. The number of anilines is 1. The van der Waals surface area contributed by atoms with E-state index in [0.29, 0.717) is 12.3 Å². The molecule has 1 aromatic carbocycles. The van der Waals surface area contributed by atoms with Crippen molar-refractivity contribution in [2.24, 2.45) is 0 Å². The zero-order valence-electron chi connectivity index (χ0n) is 12.5. The van der Waals surface area contributed by atoms with Crippen molar-refractivity contribution in [2.75, 3.05) is 5.73 Å². The SMILES string of the molecule is Cc1noc(C)c1-c1cc(N)c(=O)n(Cc2ccccc2)c1. The maximum atomic E-state index is 12.3. The summed E-state index contributed by atoms with van der Waals surface area (Å²) < 4.78 is 6.82. The maximum Gasteiger partial charge on any atom is 0.274 e. The topological polar surface area (TPSA) is 74.1 Å². The Balaban J connectivity index is 2.10. The molecule has 2 aromatic heterocycles. The predicted octanol–water partition coefficient (Wildman–Crippen LogP) is 2.75. The molecule has 0 spiro atoms. The summed E-state index contributed by atoms with van der Waals surface area (Å²) in [5, 5.41) is 3.96. The number of benzene rings is 1. The summed E-state index contributed by atoms with van der Waals surface area (Å²) in [6.07, 6.45) is 1.80. The van der Waals surface area contributed by atoms with Crippen molar-refractivity contribution < 1.29 is 4.52 Å². The first kappa shape index (κ1) is 14.1. The van der Waals surface area contributed by atoms with Crippen LogP contribution in [0.25, 0.3) is 11.1 Å². The van der Waals surface area contributed by atoms with Crippen molar-refractivity contribution in [3.8, 4) is 11.1 Å². The molecule has 3 rings (SSSR count). The van der Waals surface area contributed by atoms with Gasteiger partial charge in [0.1, 0.15) is 5.76 Å². The molecule has 2 N–H and O–H groups in total. The first-order valence-electron chi connectivity index (χ1n) is 7.03. The van der Waals surface area contributed by atoms with E-state index >= 15 is 0 Å². The quantitative estimate of drug-likeness (QED) is 0.806. The van der Waals surface area contributed by atoms with Crippen LogP contribution in [-0.2, 0) is 6.54 Å². The molecule has 3 aromatic rings. The molecule has 0 aliphatic rings. The number of rotatable bonds is 3. The van der Waals surface area contributed by atoms with E-state index in [1.54, 1.807) is 16.8 Å². The number of hydrogen-bond acceptors (Lipinski definition) is 4. The Bertz CT molecular complexity index is 844. The van der Waals surface area contributed by atoms with Crippen LogP contribution in [0, 0.1) is 13.8 Å². The normalized spacial score (nSPS) is 10.8. The van der Waals surface area contributed by atoms with Crippen molar-refractivity contribution in [3.05, 3.63) is 70.0 Å². The molecule has 0 saturated carbocycles. The first-order valence-corrected chi connectivity index (χ1v) is 7.03. The van der Waals surface area contributed by atoms with Gasteiger partial charge in [-0.05, 0) is 25.5 Å². The molecular formula is C17H17N3O2. The number of pyridine rings is 1. The molecule has 0 saturated heterocycles. The fourth-order valence-corrected chi connectivity index (χ4v) is 2.59. The molecule has 2 heterocycles. The number of nitrogens with two attached hydrogens (primary N) is 1. The molecule has 0 aliphatic carbocycles. The van der Waals surface area contributed by atoms with Gasteiger partial charge in [-0.2, -0.15) is 0 Å². The van der Waals surface area contributed by atoms with Gasteiger partial charge >= 0.3 is 0 Å². The molecule has 0 unspecified atom stereocenters. The van der Waals surface area contributed by atoms with E-state index in [9.17, 15) is 4.79 Å². The summed E-state index contributed by atoms with van der Waals surface area (Å²) >= 11 is 0. The fraction of sp³-hybridized carbons (Fsp3) is 0.176. The second-order valence-electron chi connectivity index (χ2n) is 5.30. The molecule has 22 heavy (non-hydrogen) atoms. The number of nitrogen functional groups attached to an aromatic ring is 1. The standard InChI is InChI=1S/C17H17N3O2/c1-11-16(12(2)22-19-11)14-8-15(18)17(21)20(10-14)9-13-6-4-3-5-7-13/h3-8,10H,9,18H2,1-2H3. The Morgan fingerprint density at radius 1 is 1.23 bits per heavy atom. The van der Waals surface area contributed by atoms with Crippen LogP contribution in [-0.4, -0.2) is 9.72 Å². The van der Waals surface area contributed by atoms with Gasteiger partial charge in [0.15, 0.2) is 0 Å². The third-order valence-corrected chi connectivity index (χ3v) is 3.63. The van der Waals surface area contributed by atoms with Gasteiger partial charge in [-0.1, -0.05) is 35.5 Å². The van der Waals surface area contributed by atoms with Gasteiger partial charge in [0.05, 0.1) is 17.9 Å². The van der Waals surface area contributed by atoms with Crippen LogP contribution in [0.5, 0.6) is 0 Å². The third-order valence-electron chi connectivity index (χ3n) is 3.63. The summed E-state index contributed by atoms with van der Waals surface area (Å²) in [6, 6.07) is 11.5. The van der Waals surface area contributed by atoms with Crippen LogP contribution in [0.4, 0.5) is 5.69 Å². The summed E-state index contributed by atoms with van der Waals surface area (Å²) in [4.78, 5) is 12.3. The third kappa shape index (κ3) is 2.53. The average Bonchev–Trinajstić information content (AvgIpc) is 2.84. The highest BCUT2D eigenvalue weighted by Gasteiger charge is 2.14. The number of aromatic nitrogens is 2. The van der Waals surface area contributed by atoms with Gasteiger partial charge in [-0.3, -0.25) is 4.79 Å². The predicted molar refractivity (Wildman–Crippen MR) is 85.6 cm³/mol. The monoisotopic (exact) mass is 295 g/mol. The Labute approximate surface area is 128 Å². The van der Waals surface area contributed by atoms with Crippen LogP contribution in [0.2, 0.25) is 0 Å². The molecule has 0 bridgehead atoms. The zero-order chi connectivity index (χ0) is 15.7. The van der Waals surface area contributed by atoms with Crippen LogP contribution in [0.15, 0.2) is 51.9 Å². The molecule has 0 radical (unpaired) electrons. The molecule has 0 fully saturated rings. The van der Waals surface area contributed by atoms with Gasteiger partial charge < -0.3 is 14.8 Å². The molecule has 5 heteroatoms. The minimum Gasteiger partial charge on any atom is -0.394 e. The number of hydrogen-bond donors (Lipinski definition) is 1. The fourth-order valence-electron chi connectivity index (χ4n) is 2.59. The van der Waals surface area contributed by atoms with Crippen molar-refractivity contribution in [2.45, 2.75) is 20.4 Å². The Kier molecular flexibility index (Phi) is 3.55. The van der Waals surface area contributed by atoms with Gasteiger partial charge in [-0.15, -0.1) is 0 Å². The van der Waals surface area contributed by atoms with Crippen molar-refractivity contribution in [1.29, 1.82) is 0 Å². The lowest BCUT2D eigenvalue weighted by atomic mass is 10.1. The minimum atomic E-state index is -0.195. The van der Waals surface area contributed by atoms with Crippen molar-refractivity contribution >= 4 is 5.69 Å². The highest BCUT2D eigenvalue weighted by atomic mass is 16.5. The average molecular weight is 295 g/mol. The van der Waals surface area contributed by atoms with E-state index in [2.05, 4.69) is 5.16 Å². The Hall–Kier alpha value is -2.82. The van der Waals surface area contributed by atoms with Crippen molar-refractivity contribution in [3.63, 3.8) is 0 Å². The molecule has 112 valence electrons. The molecular weight excluding hydrogens is 278 g/mol. The second-order valence-corrected chi connectivity index (χ2v) is 5.30. The van der Waals surface area contributed by atoms with Crippen molar-refractivity contribution in [1.82, 2.24) is 9.72 Å². The molecule has 0 amide bonds. The van der Waals surface area contributed by atoms with E-state index in [0.717, 1.165) is 22.4 Å². The van der Waals surface area contributed by atoms with E-state index in [1.807, 2.05) is 44.2 Å². The van der Waals surface area contributed by atoms with Crippen LogP contribution < -0.4 is 11.3 Å². The zero-order valence-corrected chi connectivity index (χ0v) is 12.5. The van der Waals surface area contributed by atoms with Gasteiger partial charge in [-0.25, -0.2) is 0 Å². The van der Waals surface area contributed by atoms with Crippen LogP contribution in [0.3, 0.4) is 0 Å². The van der Waals surface area contributed by atoms with Gasteiger partial charge in [0, 0.05) is 17.3 Å². The Morgan fingerprint density at radius 3 is 2.59 bits per heavy atom. The molecule has 5 nitrogen and oxygen atoms in total. The summed E-state index contributed by atoms with van der Waals surface area (Å²) in [7, 11) is 0. The van der Waals surface area contributed by atoms with Gasteiger partial charge in [0.2, 0.25) is 0 Å². The maximum absolute atomic E-state index is 12.3. The molecule has 0 atom stereocenters. The second kappa shape index (κ2) is 5.52.